The van der Waals surface area contributed by atoms with Gasteiger partial charge in [0, 0.05) is 30.9 Å². The molecule has 0 spiro atoms. The molecular formula is C16H22N4. The Kier molecular flexibility index (Phi) is 4.69. The minimum Gasteiger partial charge on any atom is -0.388 e. The van der Waals surface area contributed by atoms with Crippen molar-refractivity contribution in [3.8, 4) is 0 Å². The number of nitrogens with zero attached hydrogens (tertiary/aromatic N) is 2. The van der Waals surface area contributed by atoms with E-state index in [-0.39, 0.29) is 5.84 Å². The van der Waals surface area contributed by atoms with E-state index in [1.54, 1.807) is 0 Å². The van der Waals surface area contributed by atoms with Crippen LogP contribution in [0.5, 0.6) is 0 Å². The van der Waals surface area contributed by atoms with Gasteiger partial charge < -0.3 is 5.73 Å². The molecule has 0 aliphatic heterocycles. The number of fused-ring (bicyclic) bond motifs is 1. The minimum atomic E-state index is 0.238. The van der Waals surface area contributed by atoms with E-state index in [1.807, 2.05) is 18.2 Å². The molecule has 0 saturated carbocycles. The van der Waals surface area contributed by atoms with Crippen LogP contribution in [0.25, 0.3) is 10.9 Å². The molecule has 4 nitrogen and oxygen atoms in total. The van der Waals surface area contributed by atoms with Crippen LogP contribution in [0, 0.1) is 5.41 Å². The molecule has 0 amide bonds. The number of nitrogens with two attached hydrogens (primary N) is 1. The Labute approximate surface area is 120 Å². The molecule has 0 saturated heterocycles. The molecule has 20 heavy (non-hydrogen) atoms. The van der Waals surface area contributed by atoms with Crippen LogP contribution >= 0.6 is 0 Å². The summed E-state index contributed by atoms with van der Waals surface area (Å²) in [6.45, 7) is 5.89. The van der Waals surface area contributed by atoms with E-state index >= 15 is 0 Å². The first kappa shape index (κ1) is 14.5. The van der Waals surface area contributed by atoms with Crippen LogP contribution in [-0.2, 0) is 6.54 Å². The summed E-state index contributed by atoms with van der Waals surface area (Å²) in [6.07, 6.45) is 0.603. The first-order valence-corrected chi connectivity index (χ1v) is 6.98. The van der Waals surface area contributed by atoms with Crippen molar-refractivity contribution in [2.45, 2.75) is 32.9 Å². The van der Waals surface area contributed by atoms with Crippen LogP contribution in [0.1, 0.15) is 26.0 Å². The molecule has 2 aromatic rings. The summed E-state index contributed by atoms with van der Waals surface area (Å²) in [6, 6.07) is 12.7. The van der Waals surface area contributed by atoms with Gasteiger partial charge in [0.05, 0.1) is 17.0 Å². The zero-order valence-corrected chi connectivity index (χ0v) is 12.1. The first-order chi connectivity index (χ1) is 9.56. The second kappa shape index (κ2) is 6.48. The van der Waals surface area contributed by atoms with Crippen molar-refractivity contribution < 1.29 is 0 Å². The van der Waals surface area contributed by atoms with Gasteiger partial charge in [0.1, 0.15) is 0 Å². The molecule has 2 rings (SSSR count). The van der Waals surface area contributed by atoms with Gasteiger partial charge in [-0.05, 0) is 26.0 Å². The summed E-state index contributed by atoms with van der Waals surface area (Å²) in [7, 11) is 0. The maximum atomic E-state index is 7.35. The third kappa shape index (κ3) is 3.78. The van der Waals surface area contributed by atoms with Crippen molar-refractivity contribution in [3.05, 3.63) is 42.1 Å². The monoisotopic (exact) mass is 270 g/mol. The Morgan fingerprint density at radius 1 is 1.25 bits per heavy atom. The second-order valence-electron chi connectivity index (χ2n) is 5.33. The van der Waals surface area contributed by atoms with Crippen molar-refractivity contribution in [1.29, 1.82) is 5.41 Å². The molecule has 0 aliphatic carbocycles. The molecule has 4 heteroatoms. The lowest BCUT2D eigenvalue weighted by Gasteiger charge is -2.25. The predicted molar refractivity (Wildman–Crippen MR) is 83.8 cm³/mol. The van der Waals surface area contributed by atoms with Crippen LogP contribution in [-0.4, -0.2) is 28.3 Å². The van der Waals surface area contributed by atoms with Crippen LogP contribution in [0.15, 0.2) is 36.4 Å². The number of aromatic nitrogens is 1. The van der Waals surface area contributed by atoms with Gasteiger partial charge in [-0.1, -0.05) is 24.3 Å². The van der Waals surface area contributed by atoms with E-state index < -0.39 is 0 Å². The molecule has 1 heterocycles. The Morgan fingerprint density at radius 2 is 2.00 bits per heavy atom. The summed E-state index contributed by atoms with van der Waals surface area (Å²) < 4.78 is 0. The van der Waals surface area contributed by atoms with Crippen molar-refractivity contribution >= 4 is 16.7 Å². The number of hydrogen-bond donors (Lipinski definition) is 2. The normalized spacial score (nSPS) is 11.4. The van der Waals surface area contributed by atoms with Gasteiger partial charge in [0.2, 0.25) is 0 Å². The van der Waals surface area contributed by atoms with E-state index in [1.165, 1.54) is 0 Å². The average molecular weight is 270 g/mol. The lowest BCUT2D eigenvalue weighted by atomic mass is 10.2. The van der Waals surface area contributed by atoms with Crippen molar-refractivity contribution in [2.24, 2.45) is 5.73 Å². The maximum Gasteiger partial charge on any atom is 0.0918 e. The topological polar surface area (TPSA) is 66.0 Å². The molecule has 0 atom stereocenters. The molecular weight excluding hydrogens is 248 g/mol. The van der Waals surface area contributed by atoms with Crippen LogP contribution in [0.4, 0.5) is 0 Å². The van der Waals surface area contributed by atoms with E-state index in [2.05, 4.69) is 36.9 Å². The third-order valence-corrected chi connectivity index (χ3v) is 3.42. The summed E-state index contributed by atoms with van der Waals surface area (Å²) in [4.78, 5) is 6.99. The number of benzene rings is 1. The van der Waals surface area contributed by atoms with Gasteiger partial charge >= 0.3 is 0 Å². The summed E-state index contributed by atoms with van der Waals surface area (Å²) in [5.41, 5.74) is 7.53. The number of para-hydroxylation sites is 1. The highest BCUT2D eigenvalue weighted by Gasteiger charge is 2.11. The van der Waals surface area contributed by atoms with Gasteiger partial charge in [-0.2, -0.15) is 0 Å². The maximum absolute atomic E-state index is 7.35. The average Bonchev–Trinajstić information content (AvgIpc) is 2.42. The zero-order valence-electron chi connectivity index (χ0n) is 12.1. The third-order valence-electron chi connectivity index (χ3n) is 3.42. The zero-order chi connectivity index (χ0) is 14.5. The fraction of sp³-hybridized carbons (Fsp3) is 0.375. The number of pyridine rings is 1. The molecule has 1 aromatic heterocycles. The molecule has 0 radical (unpaired) electrons. The van der Waals surface area contributed by atoms with Gasteiger partial charge in [0.25, 0.3) is 0 Å². The Balaban J connectivity index is 2.13. The fourth-order valence-electron chi connectivity index (χ4n) is 2.19. The number of rotatable bonds is 6. The van der Waals surface area contributed by atoms with Crippen molar-refractivity contribution in [3.63, 3.8) is 0 Å². The van der Waals surface area contributed by atoms with Gasteiger partial charge in [-0.25, -0.2) is 0 Å². The van der Waals surface area contributed by atoms with Gasteiger partial charge in [0.15, 0.2) is 0 Å². The summed E-state index contributed by atoms with van der Waals surface area (Å²) in [5, 5.41) is 8.51. The molecule has 106 valence electrons. The molecule has 0 unspecified atom stereocenters. The molecule has 0 bridgehead atoms. The van der Waals surface area contributed by atoms with Crippen molar-refractivity contribution in [2.75, 3.05) is 6.54 Å². The standard InChI is InChI=1S/C16H22N4/c1-12(2)20(10-9-16(17)18)11-14-8-7-13-5-3-4-6-15(13)19-14/h3-8,12H,9-11H2,1-2H3,(H3,17,18). The van der Waals surface area contributed by atoms with E-state index in [0.29, 0.717) is 12.5 Å². The van der Waals surface area contributed by atoms with Gasteiger partial charge in [-0.15, -0.1) is 0 Å². The fourth-order valence-corrected chi connectivity index (χ4v) is 2.19. The molecule has 0 aliphatic rings. The minimum absolute atomic E-state index is 0.238. The quantitative estimate of drug-likeness (QED) is 0.626. The Hall–Kier alpha value is -1.94. The smallest absolute Gasteiger partial charge is 0.0918 e. The highest BCUT2D eigenvalue weighted by atomic mass is 15.2. The molecule has 1 aromatic carbocycles. The highest BCUT2D eigenvalue weighted by Crippen LogP contribution is 2.14. The largest absolute Gasteiger partial charge is 0.388 e. The number of hydrogen-bond acceptors (Lipinski definition) is 3. The molecule has 3 N–H and O–H groups in total. The predicted octanol–water partition coefficient (Wildman–Crippen LogP) is 2.77. The Bertz CT molecular complexity index is 592. The van der Waals surface area contributed by atoms with E-state index in [0.717, 1.165) is 29.7 Å². The number of amidine groups is 1. The van der Waals surface area contributed by atoms with Crippen LogP contribution in [0.2, 0.25) is 0 Å². The second-order valence-corrected chi connectivity index (χ2v) is 5.33. The van der Waals surface area contributed by atoms with Crippen LogP contribution in [0.3, 0.4) is 0 Å². The first-order valence-electron chi connectivity index (χ1n) is 6.98. The van der Waals surface area contributed by atoms with Gasteiger partial charge in [-0.3, -0.25) is 15.3 Å². The van der Waals surface area contributed by atoms with E-state index in [4.69, 9.17) is 16.1 Å². The SMILES string of the molecule is CC(C)N(CCC(=N)N)Cc1ccc2ccccc2n1. The van der Waals surface area contributed by atoms with E-state index in [9.17, 15) is 0 Å². The summed E-state index contributed by atoms with van der Waals surface area (Å²) >= 11 is 0. The van der Waals surface area contributed by atoms with Crippen molar-refractivity contribution in [1.82, 2.24) is 9.88 Å². The lowest BCUT2D eigenvalue weighted by molar-refractivity contribution is 0.216. The summed E-state index contributed by atoms with van der Waals surface area (Å²) in [5.74, 6) is 0.238. The number of nitrogens with one attached hydrogen (secondary N) is 1. The lowest BCUT2D eigenvalue weighted by Crippen LogP contribution is -2.33. The Morgan fingerprint density at radius 3 is 2.70 bits per heavy atom. The molecule has 0 fully saturated rings. The highest BCUT2D eigenvalue weighted by molar-refractivity contribution is 5.78. The van der Waals surface area contributed by atoms with Crippen LogP contribution < -0.4 is 5.73 Å².